The van der Waals surface area contributed by atoms with Crippen molar-refractivity contribution in [3.8, 4) is 0 Å². The molecular formula is C11H15ClN2O2S. The number of aromatic nitrogens is 1. The first-order chi connectivity index (χ1) is 8.06. The van der Waals surface area contributed by atoms with Gasteiger partial charge in [-0.2, -0.15) is 11.8 Å². The van der Waals surface area contributed by atoms with Crippen molar-refractivity contribution in [3.05, 3.63) is 22.8 Å². The zero-order valence-electron chi connectivity index (χ0n) is 9.74. The molecule has 0 aliphatic rings. The van der Waals surface area contributed by atoms with Crippen LogP contribution in [0.25, 0.3) is 0 Å². The van der Waals surface area contributed by atoms with Crippen molar-refractivity contribution in [2.24, 2.45) is 0 Å². The first-order valence-electron chi connectivity index (χ1n) is 5.19. The Kier molecular flexibility index (Phi) is 5.58. The molecule has 1 aromatic rings. The van der Waals surface area contributed by atoms with Crippen molar-refractivity contribution in [1.29, 1.82) is 0 Å². The predicted molar refractivity (Wildman–Crippen MR) is 72.3 cm³/mol. The maximum absolute atomic E-state index is 10.9. The second kappa shape index (κ2) is 6.71. The van der Waals surface area contributed by atoms with Crippen molar-refractivity contribution in [3.63, 3.8) is 0 Å². The Labute approximate surface area is 110 Å². The van der Waals surface area contributed by atoms with Gasteiger partial charge in [-0.05, 0) is 31.4 Å². The van der Waals surface area contributed by atoms with Gasteiger partial charge in [0.05, 0.1) is 10.6 Å². The Morgan fingerprint density at radius 1 is 1.71 bits per heavy atom. The lowest BCUT2D eigenvalue weighted by atomic mass is 10.2. The Balaban J connectivity index is 2.77. The monoisotopic (exact) mass is 274 g/mol. The van der Waals surface area contributed by atoms with Crippen molar-refractivity contribution in [2.45, 2.75) is 19.4 Å². The highest BCUT2D eigenvalue weighted by Gasteiger charge is 2.14. The summed E-state index contributed by atoms with van der Waals surface area (Å²) in [5.74, 6) is 0.419. The van der Waals surface area contributed by atoms with Crippen LogP contribution in [0.2, 0.25) is 5.02 Å². The molecule has 0 bridgehead atoms. The number of carboxylic acid groups (broad SMARTS) is 1. The average Bonchev–Trinajstić information content (AvgIpc) is 2.28. The largest absolute Gasteiger partial charge is 0.478 e. The molecule has 0 saturated heterocycles. The number of nitrogens with one attached hydrogen (secondary N) is 1. The van der Waals surface area contributed by atoms with Gasteiger partial charge < -0.3 is 10.4 Å². The van der Waals surface area contributed by atoms with Crippen LogP contribution in [0.15, 0.2) is 12.3 Å². The van der Waals surface area contributed by atoms with E-state index < -0.39 is 5.97 Å². The maximum Gasteiger partial charge on any atom is 0.337 e. The number of carbonyl (C=O) groups is 1. The number of hydrogen-bond acceptors (Lipinski definition) is 4. The molecular weight excluding hydrogens is 260 g/mol. The van der Waals surface area contributed by atoms with E-state index in [0.29, 0.717) is 5.82 Å². The Hall–Kier alpha value is -0.940. The van der Waals surface area contributed by atoms with Crippen LogP contribution in [0, 0.1) is 0 Å². The van der Waals surface area contributed by atoms with Gasteiger partial charge in [-0.25, -0.2) is 9.78 Å². The molecule has 1 unspecified atom stereocenters. The molecule has 0 aromatic carbocycles. The summed E-state index contributed by atoms with van der Waals surface area (Å²) in [5, 5.41) is 12.2. The first-order valence-corrected chi connectivity index (χ1v) is 6.96. The fourth-order valence-electron chi connectivity index (χ4n) is 1.31. The van der Waals surface area contributed by atoms with E-state index in [4.69, 9.17) is 16.7 Å². The van der Waals surface area contributed by atoms with E-state index in [0.717, 1.165) is 12.2 Å². The molecule has 0 aliphatic heterocycles. The minimum absolute atomic E-state index is 0.0706. The third-order valence-electron chi connectivity index (χ3n) is 2.26. The number of carboxylic acids is 1. The van der Waals surface area contributed by atoms with E-state index in [9.17, 15) is 4.79 Å². The highest BCUT2D eigenvalue weighted by molar-refractivity contribution is 7.98. The second-order valence-electron chi connectivity index (χ2n) is 3.65. The molecule has 0 spiro atoms. The number of thioether (sulfide) groups is 1. The zero-order chi connectivity index (χ0) is 12.8. The fourth-order valence-corrected chi connectivity index (χ4v) is 2.15. The molecule has 0 aliphatic carbocycles. The average molecular weight is 275 g/mol. The van der Waals surface area contributed by atoms with Gasteiger partial charge in [0.2, 0.25) is 0 Å². The van der Waals surface area contributed by atoms with Crippen LogP contribution >= 0.6 is 23.4 Å². The molecule has 4 nitrogen and oxygen atoms in total. The van der Waals surface area contributed by atoms with Crippen LogP contribution in [-0.4, -0.2) is 34.1 Å². The SMILES string of the molecule is CSCCC(C)Nc1nccc(C(=O)O)c1Cl. The van der Waals surface area contributed by atoms with Crippen LogP contribution in [-0.2, 0) is 0 Å². The highest BCUT2D eigenvalue weighted by Crippen LogP contribution is 2.24. The van der Waals surface area contributed by atoms with Gasteiger partial charge in [-0.3, -0.25) is 0 Å². The summed E-state index contributed by atoms with van der Waals surface area (Å²) in [6, 6.07) is 1.60. The molecule has 0 saturated carbocycles. The molecule has 1 rings (SSSR count). The molecule has 1 heterocycles. The number of pyridine rings is 1. The van der Waals surface area contributed by atoms with Gasteiger partial charge in [0.1, 0.15) is 5.82 Å². The van der Waals surface area contributed by atoms with Gasteiger partial charge in [-0.15, -0.1) is 0 Å². The summed E-state index contributed by atoms with van der Waals surface area (Å²) >= 11 is 7.74. The smallest absolute Gasteiger partial charge is 0.337 e. The standard InChI is InChI=1S/C11H15ClN2O2S/c1-7(4-6-17-2)14-10-9(12)8(11(15)16)3-5-13-10/h3,5,7H,4,6H2,1-2H3,(H,13,14)(H,15,16). The third kappa shape index (κ3) is 4.09. The minimum atomic E-state index is -1.04. The number of nitrogens with zero attached hydrogens (tertiary/aromatic N) is 1. The summed E-state index contributed by atoms with van der Waals surface area (Å²) in [4.78, 5) is 14.9. The van der Waals surface area contributed by atoms with Crippen LogP contribution < -0.4 is 5.32 Å². The van der Waals surface area contributed by atoms with E-state index >= 15 is 0 Å². The Morgan fingerprint density at radius 2 is 2.41 bits per heavy atom. The summed E-state index contributed by atoms with van der Waals surface area (Å²) in [5.41, 5.74) is 0.0706. The van der Waals surface area contributed by atoms with Gasteiger partial charge in [-0.1, -0.05) is 11.6 Å². The topological polar surface area (TPSA) is 62.2 Å². The second-order valence-corrected chi connectivity index (χ2v) is 5.02. The maximum atomic E-state index is 10.9. The van der Waals surface area contributed by atoms with Crippen LogP contribution in [0.3, 0.4) is 0 Å². The molecule has 6 heteroatoms. The number of hydrogen-bond donors (Lipinski definition) is 2. The van der Waals surface area contributed by atoms with Gasteiger partial charge in [0, 0.05) is 12.2 Å². The Morgan fingerprint density at radius 3 is 3.00 bits per heavy atom. The van der Waals surface area contributed by atoms with E-state index in [1.807, 2.05) is 13.2 Å². The summed E-state index contributed by atoms with van der Waals surface area (Å²) in [6.07, 6.45) is 4.46. The molecule has 1 atom stereocenters. The van der Waals surface area contributed by atoms with Crippen LogP contribution in [0.5, 0.6) is 0 Å². The quantitative estimate of drug-likeness (QED) is 0.835. The van der Waals surface area contributed by atoms with E-state index in [2.05, 4.69) is 10.3 Å². The van der Waals surface area contributed by atoms with Crippen molar-refractivity contribution in [1.82, 2.24) is 4.98 Å². The summed E-state index contributed by atoms with van der Waals surface area (Å²) in [6.45, 7) is 2.02. The van der Waals surface area contributed by atoms with Gasteiger partial charge in [0.25, 0.3) is 0 Å². The summed E-state index contributed by atoms with van der Waals surface area (Å²) < 4.78 is 0. The van der Waals surface area contributed by atoms with E-state index in [1.54, 1.807) is 11.8 Å². The first kappa shape index (κ1) is 14.1. The van der Waals surface area contributed by atoms with E-state index in [1.165, 1.54) is 12.3 Å². The predicted octanol–water partition coefficient (Wildman–Crippen LogP) is 2.99. The molecule has 1 aromatic heterocycles. The normalized spacial score (nSPS) is 12.2. The lowest BCUT2D eigenvalue weighted by Crippen LogP contribution is -2.17. The lowest BCUT2D eigenvalue weighted by molar-refractivity contribution is 0.0697. The van der Waals surface area contributed by atoms with Gasteiger partial charge in [0.15, 0.2) is 0 Å². The zero-order valence-corrected chi connectivity index (χ0v) is 11.3. The highest BCUT2D eigenvalue weighted by atomic mass is 35.5. The molecule has 2 N–H and O–H groups in total. The fraction of sp³-hybridized carbons (Fsp3) is 0.455. The minimum Gasteiger partial charge on any atom is -0.478 e. The molecule has 17 heavy (non-hydrogen) atoms. The lowest BCUT2D eigenvalue weighted by Gasteiger charge is -2.15. The van der Waals surface area contributed by atoms with Crippen LogP contribution in [0.1, 0.15) is 23.7 Å². The number of aromatic carboxylic acids is 1. The number of anilines is 1. The van der Waals surface area contributed by atoms with E-state index in [-0.39, 0.29) is 16.6 Å². The Bertz CT molecular complexity index is 401. The van der Waals surface area contributed by atoms with Gasteiger partial charge >= 0.3 is 5.97 Å². The number of rotatable bonds is 6. The molecule has 0 radical (unpaired) electrons. The molecule has 0 fully saturated rings. The molecule has 94 valence electrons. The summed E-state index contributed by atoms with van der Waals surface area (Å²) in [7, 11) is 0. The van der Waals surface area contributed by atoms with Crippen molar-refractivity contribution < 1.29 is 9.90 Å². The van der Waals surface area contributed by atoms with Crippen molar-refractivity contribution >= 4 is 35.1 Å². The number of halogens is 1. The third-order valence-corrected chi connectivity index (χ3v) is 3.28. The molecule has 0 amide bonds. The van der Waals surface area contributed by atoms with Crippen LogP contribution in [0.4, 0.5) is 5.82 Å². The van der Waals surface area contributed by atoms with Crippen molar-refractivity contribution in [2.75, 3.05) is 17.3 Å².